The number of amides is 1. The Hall–Kier alpha value is -1.35. The molecule has 0 atom stereocenters. The van der Waals surface area contributed by atoms with Crippen LogP contribution in [-0.4, -0.2) is 30.4 Å². The summed E-state index contributed by atoms with van der Waals surface area (Å²) >= 11 is 0. The number of carbonyl (C=O) groups is 1. The maximum Gasteiger partial charge on any atom is 0.254 e. The van der Waals surface area contributed by atoms with Crippen molar-refractivity contribution in [3.05, 3.63) is 34.9 Å². The van der Waals surface area contributed by atoms with E-state index in [-0.39, 0.29) is 11.3 Å². The Labute approximate surface area is 109 Å². The predicted octanol–water partition coefficient (Wildman–Crippen LogP) is 1.94. The minimum absolute atomic E-state index is 0.127. The normalized spacial score (nSPS) is 15.8. The highest BCUT2D eigenvalue weighted by Gasteiger charge is 2.25. The van der Waals surface area contributed by atoms with E-state index in [1.54, 1.807) is 0 Å². The van der Waals surface area contributed by atoms with Crippen molar-refractivity contribution in [3.8, 4) is 0 Å². The van der Waals surface area contributed by atoms with Crippen molar-refractivity contribution in [1.82, 2.24) is 4.90 Å². The van der Waals surface area contributed by atoms with Gasteiger partial charge in [0, 0.05) is 25.2 Å². The largest absolute Gasteiger partial charge is 0.337 e. The minimum atomic E-state index is 0.127. The van der Waals surface area contributed by atoms with E-state index in [2.05, 4.69) is 32.9 Å². The Balaban J connectivity index is 2.32. The highest BCUT2D eigenvalue weighted by molar-refractivity contribution is 5.96. The molecule has 1 amide bonds. The van der Waals surface area contributed by atoms with E-state index in [1.807, 2.05) is 11.0 Å². The third-order valence-corrected chi connectivity index (χ3v) is 3.54. The van der Waals surface area contributed by atoms with Gasteiger partial charge in [0.15, 0.2) is 0 Å². The van der Waals surface area contributed by atoms with E-state index in [4.69, 9.17) is 5.73 Å². The fourth-order valence-electron chi connectivity index (χ4n) is 2.37. The average Bonchev–Trinajstić information content (AvgIpc) is 2.31. The lowest BCUT2D eigenvalue weighted by atomic mass is 9.84. The summed E-state index contributed by atoms with van der Waals surface area (Å²) in [6, 6.07) is 6.23. The molecule has 3 heteroatoms. The predicted molar refractivity (Wildman–Crippen MR) is 73.8 cm³/mol. The van der Waals surface area contributed by atoms with Gasteiger partial charge in [0.25, 0.3) is 5.91 Å². The summed E-state index contributed by atoms with van der Waals surface area (Å²) in [7, 11) is 0. The first-order chi connectivity index (χ1) is 8.43. The Morgan fingerprint density at radius 3 is 2.67 bits per heavy atom. The molecule has 0 radical (unpaired) electrons. The molecule has 2 N–H and O–H groups in total. The Morgan fingerprint density at radius 2 is 2.06 bits per heavy atom. The van der Waals surface area contributed by atoms with Gasteiger partial charge in [-0.3, -0.25) is 4.79 Å². The molecular formula is C15H22N2O. The van der Waals surface area contributed by atoms with Crippen LogP contribution in [0.3, 0.4) is 0 Å². The summed E-state index contributed by atoms with van der Waals surface area (Å²) in [6.45, 7) is 8.55. The van der Waals surface area contributed by atoms with Crippen LogP contribution in [0, 0.1) is 0 Å². The molecule has 1 aromatic rings. The van der Waals surface area contributed by atoms with Crippen LogP contribution in [0.4, 0.5) is 0 Å². The van der Waals surface area contributed by atoms with Crippen LogP contribution < -0.4 is 5.73 Å². The molecule has 1 heterocycles. The summed E-state index contributed by atoms with van der Waals surface area (Å²) < 4.78 is 0. The SMILES string of the molecule is CC(C)(C)c1ccc2c(c1)CCN(CCN)C2=O. The maximum absolute atomic E-state index is 12.2. The van der Waals surface area contributed by atoms with Gasteiger partial charge < -0.3 is 10.6 Å². The molecule has 1 aromatic carbocycles. The van der Waals surface area contributed by atoms with Gasteiger partial charge in [0.2, 0.25) is 0 Å². The molecule has 18 heavy (non-hydrogen) atoms. The Morgan fingerprint density at radius 1 is 1.33 bits per heavy atom. The van der Waals surface area contributed by atoms with Crippen molar-refractivity contribution in [3.63, 3.8) is 0 Å². The first kappa shape index (κ1) is 13.1. The van der Waals surface area contributed by atoms with Gasteiger partial charge in [-0.05, 0) is 29.0 Å². The van der Waals surface area contributed by atoms with Crippen LogP contribution >= 0.6 is 0 Å². The third-order valence-electron chi connectivity index (χ3n) is 3.54. The number of nitrogens with zero attached hydrogens (tertiary/aromatic N) is 1. The zero-order valence-electron chi connectivity index (χ0n) is 11.5. The van der Waals surface area contributed by atoms with E-state index in [9.17, 15) is 4.79 Å². The average molecular weight is 246 g/mol. The lowest BCUT2D eigenvalue weighted by molar-refractivity contribution is 0.0744. The molecule has 0 aliphatic carbocycles. The monoisotopic (exact) mass is 246 g/mol. The first-order valence-electron chi connectivity index (χ1n) is 6.56. The molecule has 0 aromatic heterocycles. The fraction of sp³-hybridized carbons (Fsp3) is 0.533. The smallest absolute Gasteiger partial charge is 0.254 e. The molecule has 98 valence electrons. The second-order valence-electron chi connectivity index (χ2n) is 5.95. The minimum Gasteiger partial charge on any atom is -0.337 e. The van der Waals surface area contributed by atoms with E-state index in [0.717, 1.165) is 18.5 Å². The number of nitrogens with two attached hydrogens (primary N) is 1. The van der Waals surface area contributed by atoms with Gasteiger partial charge in [-0.15, -0.1) is 0 Å². The summed E-state index contributed by atoms with van der Waals surface area (Å²) in [5.74, 6) is 0.127. The number of benzene rings is 1. The first-order valence-corrected chi connectivity index (χ1v) is 6.56. The highest BCUT2D eigenvalue weighted by atomic mass is 16.2. The van der Waals surface area contributed by atoms with E-state index in [0.29, 0.717) is 13.1 Å². The van der Waals surface area contributed by atoms with Crippen molar-refractivity contribution in [2.24, 2.45) is 5.73 Å². The Bertz CT molecular complexity index is 460. The van der Waals surface area contributed by atoms with Gasteiger partial charge in [0.05, 0.1) is 0 Å². The summed E-state index contributed by atoms with van der Waals surface area (Å²) in [6.07, 6.45) is 0.936. The van der Waals surface area contributed by atoms with Gasteiger partial charge in [-0.2, -0.15) is 0 Å². The van der Waals surface area contributed by atoms with Crippen LogP contribution in [0.25, 0.3) is 0 Å². The molecule has 0 bridgehead atoms. The van der Waals surface area contributed by atoms with Crippen LogP contribution in [-0.2, 0) is 11.8 Å². The van der Waals surface area contributed by atoms with Crippen LogP contribution in [0.15, 0.2) is 18.2 Å². The summed E-state index contributed by atoms with van der Waals surface area (Å²) in [5, 5.41) is 0. The molecule has 1 aliphatic heterocycles. The second kappa shape index (κ2) is 4.73. The van der Waals surface area contributed by atoms with Crippen molar-refractivity contribution >= 4 is 5.91 Å². The zero-order chi connectivity index (χ0) is 13.3. The summed E-state index contributed by atoms with van der Waals surface area (Å²) in [5.41, 5.74) is 8.98. The van der Waals surface area contributed by atoms with Crippen molar-refractivity contribution < 1.29 is 4.79 Å². The molecule has 0 saturated carbocycles. The summed E-state index contributed by atoms with van der Waals surface area (Å²) in [4.78, 5) is 14.1. The fourth-order valence-corrected chi connectivity index (χ4v) is 2.37. The molecule has 3 nitrogen and oxygen atoms in total. The molecule has 0 spiro atoms. The standard InChI is InChI=1S/C15H22N2O/c1-15(2,3)12-4-5-13-11(10-12)6-8-17(9-7-16)14(13)18/h4-5,10H,6-9,16H2,1-3H3. The number of rotatable bonds is 2. The molecule has 2 rings (SSSR count). The van der Waals surface area contributed by atoms with E-state index in [1.165, 1.54) is 11.1 Å². The third kappa shape index (κ3) is 2.41. The quantitative estimate of drug-likeness (QED) is 0.867. The van der Waals surface area contributed by atoms with Crippen LogP contribution in [0.2, 0.25) is 0 Å². The molecule has 1 aliphatic rings. The maximum atomic E-state index is 12.2. The second-order valence-corrected chi connectivity index (χ2v) is 5.95. The van der Waals surface area contributed by atoms with Crippen LogP contribution in [0.5, 0.6) is 0 Å². The van der Waals surface area contributed by atoms with Gasteiger partial charge in [0.1, 0.15) is 0 Å². The lowest BCUT2D eigenvalue weighted by Gasteiger charge is -2.29. The highest BCUT2D eigenvalue weighted by Crippen LogP contribution is 2.27. The number of fused-ring (bicyclic) bond motifs is 1. The van der Waals surface area contributed by atoms with E-state index >= 15 is 0 Å². The molecule has 0 unspecified atom stereocenters. The van der Waals surface area contributed by atoms with Gasteiger partial charge in [-0.25, -0.2) is 0 Å². The molecule has 0 saturated heterocycles. The topological polar surface area (TPSA) is 46.3 Å². The van der Waals surface area contributed by atoms with Crippen molar-refractivity contribution in [2.45, 2.75) is 32.6 Å². The number of hydrogen-bond acceptors (Lipinski definition) is 2. The van der Waals surface area contributed by atoms with Crippen molar-refractivity contribution in [1.29, 1.82) is 0 Å². The van der Waals surface area contributed by atoms with Crippen LogP contribution in [0.1, 0.15) is 42.3 Å². The number of hydrogen-bond donors (Lipinski definition) is 1. The number of carbonyl (C=O) groups excluding carboxylic acids is 1. The Kier molecular flexibility index (Phi) is 3.44. The van der Waals surface area contributed by atoms with Gasteiger partial charge >= 0.3 is 0 Å². The molecule has 0 fully saturated rings. The van der Waals surface area contributed by atoms with Crippen molar-refractivity contribution in [2.75, 3.05) is 19.6 Å². The lowest BCUT2D eigenvalue weighted by Crippen LogP contribution is -2.40. The van der Waals surface area contributed by atoms with Gasteiger partial charge in [-0.1, -0.05) is 32.9 Å². The van der Waals surface area contributed by atoms with E-state index < -0.39 is 0 Å². The molecular weight excluding hydrogens is 224 g/mol. The zero-order valence-corrected chi connectivity index (χ0v) is 11.5.